The van der Waals surface area contributed by atoms with Gasteiger partial charge in [0.15, 0.2) is 0 Å². The smallest absolute Gasteiger partial charge is 0.327 e. The molecule has 2 amide bonds. The number of para-hydroxylation sites is 1. The number of nitrogens with zero attached hydrogens (tertiary/aromatic N) is 1. The second-order valence-electron chi connectivity index (χ2n) is 8.46. The summed E-state index contributed by atoms with van der Waals surface area (Å²) in [6, 6.07) is 15.4. The summed E-state index contributed by atoms with van der Waals surface area (Å²) < 4.78 is 16.4. The van der Waals surface area contributed by atoms with Gasteiger partial charge < -0.3 is 19.6 Å². The Morgan fingerprint density at radius 1 is 1.00 bits per heavy atom. The van der Waals surface area contributed by atoms with Crippen LogP contribution in [0.1, 0.15) is 62.1 Å². The summed E-state index contributed by atoms with van der Waals surface area (Å²) in [5.41, 5.74) is 3.44. The molecule has 2 aromatic rings. The Balaban J connectivity index is 1.43. The van der Waals surface area contributed by atoms with E-state index in [1.807, 2.05) is 48.5 Å². The summed E-state index contributed by atoms with van der Waals surface area (Å²) >= 11 is 0. The number of carbonyl (C=O) groups is 2. The van der Waals surface area contributed by atoms with E-state index in [0.717, 1.165) is 41.6 Å². The quantitative estimate of drug-likeness (QED) is 0.254. The molecule has 1 unspecified atom stereocenters. The van der Waals surface area contributed by atoms with E-state index in [2.05, 4.69) is 17.2 Å². The van der Waals surface area contributed by atoms with Crippen molar-refractivity contribution in [1.82, 2.24) is 5.32 Å². The molecular formula is C27H33N2O5P. The molecule has 0 aromatic heterocycles. The maximum absolute atomic E-state index is 13.2. The first-order chi connectivity index (χ1) is 16.9. The van der Waals surface area contributed by atoms with Gasteiger partial charge in [0, 0.05) is 36.7 Å². The van der Waals surface area contributed by atoms with Crippen molar-refractivity contribution in [2.75, 3.05) is 24.2 Å². The molecule has 0 radical (unpaired) electrons. The zero-order valence-electron chi connectivity index (χ0n) is 20.2. The van der Waals surface area contributed by atoms with E-state index in [0.29, 0.717) is 19.5 Å². The number of unbranched alkanes of at least 4 members (excludes halogenated alkanes) is 3. The van der Waals surface area contributed by atoms with Gasteiger partial charge in [0.25, 0.3) is 0 Å². The summed E-state index contributed by atoms with van der Waals surface area (Å²) in [7, 11) is -3.41. The third kappa shape index (κ3) is 8.36. The predicted molar refractivity (Wildman–Crippen MR) is 137 cm³/mol. The zero-order valence-corrected chi connectivity index (χ0v) is 21.1. The fourth-order valence-electron chi connectivity index (χ4n) is 3.76. The van der Waals surface area contributed by atoms with E-state index < -0.39 is 7.60 Å². The van der Waals surface area contributed by atoms with Gasteiger partial charge in [-0.2, -0.15) is 0 Å². The number of hydrogen-bond donors (Lipinski definition) is 2. The van der Waals surface area contributed by atoms with Crippen LogP contribution >= 0.6 is 7.60 Å². The van der Waals surface area contributed by atoms with Gasteiger partial charge in [0.05, 0.1) is 18.8 Å². The van der Waals surface area contributed by atoms with Gasteiger partial charge in [-0.05, 0) is 36.6 Å². The van der Waals surface area contributed by atoms with Gasteiger partial charge in [0.1, 0.15) is 0 Å². The number of anilines is 1. The minimum Gasteiger partial charge on any atom is -0.356 e. The number of rotatable bonds is 12. The lowest BCUT2D eigenvalue weighted by atomic mass is 10.0. The van der Waals surface area contributed by atoms with E-state index in [-0.39, 0.29) is 37.4 Å². The molecule has 0 saturated heterocycles. The van der Waals surface area contributed by atoms with Gasteiger partial charge in [-0.15, -0.1) is 0 Å². The molecule has 0 aliphatic carbocycles. The fraction of sp³-hybridized carbons (Fsp3) is 0.407. The molecule has 1 aliphatic heterocycles. The maximum Gasteiger partial charge on any atom is 0.327 e. The second kappa shape index (κ2) is 13.3. The van der Waals surface area contributed by atoms with E-state index in [9.17, 15) is 19.0 Å². The summed E-state index contributed by atoms with van der Waals surface area (Å²) in [5, 5.41) is 2.87. The molecule has 7 nitrogen and oxygen atoms in total. The van der Waals surface area contributed by atoms with Crippen molar-refractivity contribution in [3.05, 3.63) is 65.2 Å². The summed E-state index contributed by atoms with van der Waals surface area (Å²) in [4.78, 5) is 36.5. The summed E-state index contributed by atoms with van der Waals surface area (Å²) in [6.45, 7) is 2.84. The molecule has 8 heteroatoms. The van der Waals surface area contributed by atoms with Crippen LogP contribution in [-0.4, -0.2) is 36.0 Å². The normalized spacial score (nSPS) is 13.8. The Kier molecular flexibility index (Phi) is 10.1. The van der Waals surface area contributed by atoms with Crippen molar-refractivity contribution in [2.45, 2.75) is 52.0 Å². The van der Waals surface area contributed by atoms with Gasteiger partial charge in [0.2, 0.25) is 11.8 Å². The lowest BCUT2D eigenvalue weighted by molar-refractivity contribution is -0.125. The minimum absolute atomic E-state index is 0.112. The van der Waals surface area contributed by atoms with Gasteiger partial charge >= 0.3 is 7.60 Å². The number of amides is 2. The average molecular weight is 497 g/mol. The number of nitrogens with one attached hydrogen (secondary N) is 1. The van der Waals surface area contributed by atoms with Crippen LogP contribution in [0.4, 0.5) is 5.69 Å². The van der Waals surface area contributed by atoms with E-state index in [4.69, 9.17) is 4.52 Å². The number of hydrogen-bond acceptors (Lipinski definition) is 4. The molecule has 2 N–H and O–H groups in total. The van der Waals surface area contributed by atoms with Crippen molar-refractivity contribution in [3.8, 4) is 11.8 Å². The van der Waals surface area contributed by atoms with Crippen LogP contribution in [0, 0.1) is 11.8 Å². The molecule has 2 aromatic carbocycles. The molecule has 0 fully saturated rings. The molecule has 186 valence electrons. The first-order valence-corrected chi connectivity index (χ1v) is 13.9. The van der Waals surface area contributed by atoms with Crippen molar-refractivity contribution in [1.29, 1.82) is 0 Å². The standard InChI is InChI=1S/C27H33N2O5P/c1-2-35(32,33)34-20-10-4-3-9-19-28-26(30)17-18-27(31)29-21-24-13-6-5-11-22(24)15-16-23-12-7-8-14-25(23)29/h5-8,11-14H,2-4,9-10,17-21H2,1H3,(H,28,30)(H,32,33). The Labute approximate surface area is 207 Å². The second-order valence-corrected chi connectivity index (χ2v) is 10.6. The highest BCUT2D eigenvalue weighted by atomic mass is 31.2. The lowest BCUT2D eigenvalue weighted by Gasteiger charge is -2.26. The van der Waals surface area contributed by atoms with E-state index in [1.54, 1.807) is 11.8 Å². The van der Waals surface area contributed by atoms with Crippen LogP contribution in [0.25, 0.3) is 0 Å². The zero-order chi connectivity index (χ0) is 25.1. The van der Waals surface area contributed by atoms with Crippen molar-refractivity contribution in [2.24, 2.45) is 0 Å². The molecule has 3 rings (SSSR count). The van der Waals surface area contributed by atoms with Crippen LogP contribution in [0.2, 0.25) is 0 Å². The van der Waals surface area contributed by atoms with Gasteiger partial charge in [-0.1, -0.05) is 61.9 Å². The van der Waals surface area contributed by atoms with E-state index >= 15 is 0 Å². The van der Waals surface area contributed by atoms with Crippen LogP contribution in [0.3, 0.4) is 0 Å². The SMILES string of the molecule is CCP(=O)(O)OCCCCCCNC(=O)CCC(=O)N1Cc2ccccc2C#Cc2ccccc21. The highest BCUT2D eigenvalue weighted by molar-refractivity contribution is 7.52. The third-order valence-corrected chi connectivity index (χ3v) is 7.21. The molecule has 0 spiro atoms. The van der Waals surface area contributed by atoms with Gasteiger partial charge in [-0.25, -0.2) is 0 Å². The topological polar surface area (TPSA) is 95.9 Å². The molecule has 1 atom stereocenters. The van der Waals surface area contributed by atoms with Crippen molar-refractivity contribution >= 4 is 25.1 Å². The largest absolute Gasteiger partial charge is 0.356 e. The molecule has 0 bridgehead atoms. The van der Waals surface area contributed by atoms with Crippen LogP contribution in [-0.2, 0) is 25.2 Å². The molecule has 1 heterocycles. The van der Waals surface area contributed by atoms with Gasteiger partial charge in [-0.3, -0.25) is 14.2 Å². The lowest BCUT2D eigenvalue weighted by Crippen LogP contribution is -2.33. The number of carbonyl (C=O) groups excluding carboxylic acids is 2. The van der Waals surface area contributed by atoms with Crippen LogP contribution < -0.4 is 10.2 Å². The Bertz CT molecular complexity index is 1140. The molecular weight excluding hydrogens is 463 g/mol. The molecule has 0 saturated carbocycles. The van der Waals surface area contributed by atoms with Crippen molar-refractivity contribution < 1.29 is 23.6 Å². The highest BCUT2D eigenvalue weighted by Gasteiger charge is 2.21. The first-order valence-electron chi connectivity index (χ1n) is 12.1. The van der Waals surface area contributed by atoms with Crippen LogP contribution in [0.5, 0.6) is 0 Å². The number of fused-ring (bicyclic) bond motifs is 2. The maximum atomic E-state index is 13.2. The van der Waals surface area contributed by atoms with Crippen LogP contribution in [0.15, 0.2) is 48.5 Å². The monoisotopic (exact) mass is 496 g/mol. The highest BCUT2D eigenvalue weighted by Crippen LogP contribution is 2.41. The summed E-state index contributed by atoms with van der Waals surface area (Å²) in [6.07, 6.45) is 3.61. The minimum atomic E-state index is -3.41. The van der Waals surface area contributed by atoms with Crippen molar-refractivity contribution in [3.63, 3.8) is 0 Å². The fourth-order valence-corrected chi connectivity index (χ4v) is 4.36. The third-order valence-electron chi connectivity index (χ3n) is 5.83. The first kappa shape index (κ1) is 26.7. The number of benzene rings is 2. The Hall–Kier alpha value is -2.91. The van der Waals surface area contributed by atoms with E-state index in [1.165, 1.54) is 0 Å². The predicted octanol–water partition coefficient (Wildman–Crippen LogP) is 4.61. The average Bonchev–Trinajstić information content (AvgIpc) is 2.85. The molecule has 35 heavy (non-hydrogen) atoms. The summed E-state index contributed by atoms with van der Waals surface area (Å²) in [5.74, 6) is 6.12. The Morgan fingerprint density at radius 3 is 2.49 bits per heavy atom. The Morgan fingerprint density at radius 2 is 1.69 bits per heavy atom. The molecule has 1 aliphatic rings.